The zero-order valence-corrected chi connectivity index (χ0v) is 12.3. The van der Waals surface area contributed by atoms with Crippen molar-refractivity contribution in [3.05, 3.63) is 29.3 Å². The van der Waals surface area contributed by atoms with Crippen LogP contribution in [0.4, 0.5) is 0 Å². The van der Waals surface area contributed by atoms with Crippen LogP contribution in [0.2, 0.25) is 5.02 Å². The van der Waals surface area contributed by atoms with Crippen LogP contribution in [0.5, 0.6) is 5.75 Å². The predicted octanol–water partition coefficient (Wildman–Crippen LogP) is 3.19. The van der Waals surface area contributed by atoms with E-state index in [1.807, 2.05) is 13.8 Å². The molecule has 1 rings (SSSR count). The van der Waals surface area contributed by atoms with Crippen molar-refractivity contribution in [2.24, 2.45) is 0 Å². The van der Waals surface area contributed by atoms with E-state index in [0.717, 1.165) is 0 Å². The Labute approximate surface area is 118 Å². The van der Waals surface area contributed by atoms with Crippen molar-refractivity contribution in [1.82, 2.24) is 4.90 Å². The van der Waals surface area contributed by atoms with E-state index in [1.54, 1.807) is 36.2 Å². The second kappa shape index (κ2) is 6.30. The van der Waals surface area contributed by atoms with Gasteiger partial charge in [0.1, 0.15) is 5.75 Å². The summed E-state index contributed by atoms with van der Waals surface area (Å²) < 4.78 is 5.39. The van der Waals surface area contributed by atoms with E-state index in [1.165, 1.54) is 0 Å². The lowest BCUT2D eigenvalue weighted by Gasteiger charge is -2.33. The van der Waals surface area contributed by atoms with Gasteiger partial charge in [0, 0.05) is 18.0 Å². The first-order chi connectivity index (χ1) is 8.36. The molecule has 100 valence electrons. The smallest absolute Gasteiger partial charge is 0.260 e. The van der Waals surface area contributed by atoms with Crippen molar-refractivity contribution in [1.29, 1.82) is 0 Å². The molecule has 0 atom stereocenters. The summed E-state index contributed by atoms with van der Waals surface area (Å²) in [6.45, 7) is 3.77. The van der Waals surface area contributed by atoms with Crippen molar-refractivity contribution in [2.45, 2.75) is 19.4 Å². The van der Waals surface area contributed by atoms with Gasteiger partial charge in [0.25, 0.3) is 5.91 Å². The molecule has 1 aromatic carbocycles. The van der Waals surface area contributed by atoms with Gasteiger partial charge in [-0.15, -0.1) is 11.6 Å². The average Bonchev–Trinajstić information content (AvgIpc) is 2.35. The number of benzene rings is 1. The van der Waals surface area contributed by atoms with Crippen molar-refractivity contribution in [3.63, 3.8) is 0 Å². The van der Waals surface area contributed by atoms with E-state index in [9.17, 15) is 4.79 Å². The summed E-state index contributed by atoms with van der Waals surface area (Å²) in [5, 5.41) is 0.578. The Morgan fingerprint density at radius 2 is 2.11 bits per heavy atom. The number of hydrogen-bond donors (Lipinski definition) is 0. The van der Waals surface area contributed by atoms with Gasteiger partial charge < -0.3 is 9.64 Å². The number of nitrogens with zero attached hydrogens (tertiary/aromatic N) is 1. The van der Waals surface area contributed by atoms with Gasteiger partial charge in [-0.3, -0.25) is 4.79 Å². The Bertz CT molecular complexity index is 421. The predicted molar refractivity (Wildman–Crippen MR) is 74.5 cm³/mol. The summed E-state index contributed by atoms with van der Waals surface area (Å²) in [7, 11) is 1.71. The first-order valence-corrected chi connectivity index (χ1v) is 6.49. The molecule has 0 unspecified atom stereocenters. The molecule has 0 spiro atoms. The lowest BCUT2D eigenvalue weighted by atomic mass is 10.1. The van der Waals surface area contributed by atoms with Gasteiger partial charge in [0.15, 0.2) is 6.61 Å². The third-order valence-corrected chi connectivity index (χ3v) is 3.66. The zero-order valence-electron chi connectivity index (χ0n) is 10.7. The highest BCUT2D eigenvalue weighted by atomic mass is 35.5. The maximum Gasteiger partial charge on any atom is 0.260 e. The maximum absolute atomic E-state index is 11.9. The van der Waals surface area contributed by atoms with Gasteiger partial charge in [-0.2, -0.15) is 0 Å². The van der Waals surface area contributed by atoms with Crippen molar-refractivity contribution < 1.29 is 9.53 Å². The van der Waals surface area contributed by atoms with E-state index >= 15 is 0 Å². The third-order valence-electron chi connectivity index (χ3n) is 2.77. The van der Waals surface area contributed by atoms with Gasteiger partial charge in [0.05, 0.1) is 5.54 Å². The minimum Gasteiger partial charge on any atom is -0.484 e. The van der Waals surface area contributed by atoms with Crippen LogP contribution in [-0.2, 0) is 4.79 Å². The lowest BCUT2D eigenvalue weighted by molar-refractivity contribution is -0.136. The highest BCUT2D eigenvalue weighted by molar-refractivity contribution is 6.30. The molecule has 1 amide bonds. The molecule has 0 fully saturated rings. The van der Waals surface area contributed by atoms with Crippen LogP contribution in [0, 0.1) is 0 Å². The topological polar surface area (TPSA) is 29.5 Å². The van der Waals surface area contributed by atoms with Crippen molar-refractivity contribution in [2.75, 3.05) is 19.5 Å². The number of ether oxygens (including phenoxy) is 1. The Balaban J connectivity index is 2.56. The fourth-order valence-corrected chi connectivity index (χ4v) is 1.59. The van der Waals surface area contributed by atoms with Crippen LogP contribution >= 0.6 is 23.2 Å². The SMILES string of the molecule is CN(C(=O)COc1cccc(Cl)c1)C(C)(C)CCl. The molecule has 1 aromatic rings. The summed E-state index contributed by atoms with van der Waals surface area (Å²) in [5.74, 6) is 0.820. The van der Waals surface area contributed by atoms with E-state index in [2.05, 4.69) is 0 Å². The lowest BCUT2D eigenvalue weighted by Crippen LogP contribution is -2.48. The van der Waals surface area contributed by atoms with E-state index < -0.39 is 5.54 Å². The molecule has 0 aliphatic heterocycles. The Morgan fingerprint density at radius 3 is 2.67 bits per heavy atom. The normalized spacial score (nSPS) is 11.2. The van der Waals surface area contributed by atoms with Crippen molar-refractivity contribution in [3.8, 4) is 5.75 Å². The molecule has 0 saturated carbocycles. The van der Waals surface area contributed by atoms with E-state index in [4.69, 9.17) is 27.9 Å². The zero-order chi connectivity index (χ0) is 13.8. The number of carbonyl (C=O) groups is 1. The second-order valence-corrected chi connectivity index (χ2v) is 5.35. The minimum absolute atomic E-state index is 0.0306. The van der Waals surface area contributed by atoms with Crippen LogP contribution in [0.1, 0.15) is 13.8 Å². The van der Waals surface area contributed by atoms with Gasteiger partial charge >= 0.3 is 0 Å². The molecule has 0 radical (unpaired) electrons. The van der Waals surface area contributed by atoms with Crippen LogP contribution in [0.15, 0.2) is 24.3 Å². The number of amides is 1. The third kappa shape index (κ3) is 4.07. The molecule has 3 nitrogen and oxygen atoms in total. The minimum atomic E-state index is -0.393. The Hall–Kier alpha value is -0.930. The molecule has 0 aliphatic rings. The average molecular weight is 290 g/mol. The molecular formula is C13H17Cl2NO2. The summed E-state index contributed by atoms with van der Waals surface area (Å²) in [4.78, 5) is 13.5. The maximum atomic E-state index is 11.9. The highest BCUT2D eigenvalue weighted by Crippen LogP contribution is 2.18. The van der Waals surface area contributed by atoms with Gasteiger partial charge in [-0.1, -0.05) is 17.7 Å². The molecule has 18 heavy (non-hydrogen) atoms. The van der Waals surface area contributed by atoms with Gasteiger partial charge in [-0.05, 0) is 32.0 Å². The number of rotatable bonds is 5. The molecule has 0 saturated heterocycles. The van der Waals surface area contributed by atoms with Crippen LogP contribution in [0.3, 0.4) is 0 Å². The van der Waals surface area contributed by atoms with E-state index in [0.29, 0.717) is 16.7 Å². The van der Waals surface area contributed by atoms with Gasteiger partial charge in [-0.25, -0.2) is 0 Å². The fourth-order valence-electron chi connectivity index (χ4n) is 1.23. The Morgan fingerprint density at radius 1 is 1.44 bits per heavy atom. The molecule has 5 heteroatoms. The van der Waals surface area contributed by atoms with Crippen LogP contribution in [0.25, 0.3) is 0 Å². The number of likely N-dealkylation sites (N-methyl/N-ethyl adjacent to an activating group) is 1. The first kappa shape index (κ1) is 15.1. The fraction of sp³-hybridized carbons (Fsp3) is 0.462. The van der Waals surface area contributed by atoms with Gasteiger partial charge in [0.2, 0.25) is 0 Å². The molecule has 0 N–H and O–H groups in total. The highest BCUT2D eigenvalue weighted by Gasteiger charge is 2.26. The molecule has 0 aliphatic carbocycles. The van der Waals surface area contributed by atoms with Crippen LogP contribution in [-0.4, -0.2) is 35.9 Å². The number of halogens is 2. The monoisotopic (exact) mass is 289 g/mol. The van der Waals surface area contributed by atoms with E-state index in [-0.39, 0.29) is 12.5 Å². The molecule has 0 aromatic heterocycles. The largest absolute Gasteiger partial charge is 0.484 e. The number of carbonyl (C=O) groups excluding carboxylic acids is 1. The quantitative estimate of drug-likeness (QED) is 0.779. The summed E-state index contributed by atoms with van der Waals surface area (Å²) in [5.41, 5.74) is -0.393. The molecule has 0 bridgehead atoms. The van der Waals surface area contributed by atoms with Crippen molar-refractivity contribution >= 4 is 29.1 Å². The molecular weight excluding hydrogens is 273 g/mol. The Kier molecular flexibility index (Phi) is 5.29. The molecule has 0 heterocycles. The van der Waals surface area contributed by atoms with Crippen LogP contribution < -0.4 is 4.74 Å². The number of alkyl halides is 1. The second-order valence-electron chi connectivity index (χ2n) is 4.64. The summed E-state index contributed by atoms with van der Waals surface area (Å²) in [6, 6.07) is 6.95. The summed E-state index contributed by atoms with van der Waals surface area (Å²) >= 11 is 11.6. The first-order valence-electron chi connectivity index (χ1n) is 5.58. The number of hydrogen-bond acceptors (Lipinski definition) is 2. The summed E-state index contributed by atoms with van der Waals surface area (Å²) in [6.07, 6.45) is 0. The standard InChI is InChI=1S/C13H17Cl2NO2/c1-13(2,9-14)16(3)12(17)8-18-11-6-4-5-10(15)7-11/h4-7H,8-9H2,1-3H3.